The van der Waals surface area contributed by atoms with Crippen LogP contribution in [0.15, 0.2) is 24.3 Å². The Morgan fingerprint density at radius 2 is 2.14 bits per heavy atom. The van der Waals surface area contributed by atoms with Crippen molar-refractivity contribution in [2.45, 2.75) is 31.7 Å². The van der Waals surface area contributed by atoms with E-state index in [4.69, 9.17) is 5.73 Å². The molecule has 1 fully saturated rings. The van der Waals surface area contributed by atoms with Crippen LogP contribution in [-0.2, 0) is 11.2 Å². The zero-order chi connectivity index (χ0) is 14.4. The lowest BCUT2D eigenvalue weighted by Gasteiger charge is -2.22. The van der Waals surface area contributed by atoms with Crippen LogP contribution < -0.4 is 16.4 Å². The van der Waals surface area contributed by atoms with Crippen LogP contribution in [0.3, 0.4) is 0 Å². The standard InChI is InChI=1S/C15H21N3O2.ClH/c16-14(19)12-5-3-4-11(10-12)7-9-18-15(20)13-6-1-2-8-17-13;/h3-5,10,13,17H,1-2,6-9H2,(H2,16,19)(H,18,20);1H. The monoisotopic (exact) mass is 311 g/mol. The van der Waals surface area contributed by atoms with E-state index in [0.717, 1.165) is 31.4 Å². The van der Waals surface area contributed by atoms with Crippen molar-refractivity contribution in [2.75, 3.05) is 13.1 Å². The lowest BCUT2D eigenvalue weighted by atomic mass is 10.0. The Kier molecular flexibility index (Phi) is 7.19. The van der Waals surface area contributed by atoms with Crippen LogP contribution in [0.4, 0.5) is 0 Å². The summed E-state index contributed by atoms with van der Waals surface area (Å²) in [6.45, 7) is 1.48. The van der Waals surface area contributed by atoms with Crippen LogP contribution in [0.2, 0.25) is 0 Å². The van der Waals surface area contributed by atoms with Gasteiger partial charge < -0.3 is 16.4 Å². The summed E-state index contributed by atoms with van der Waals surface area (Å²) in [5.74, 6) is -0.363. The predicted octanol–water partition coefficient (Wildman–Crippen LogP) is 1.01. The summed E-state index contributed by atoms with van der Waals surface area (Å²) in [5.41, 5.74) is 6.74. The quantitative estimate of drug-likeness (QED) is 0.758. The van der Waals surface area contributed by atoms with Gasteiger partial charge in [0.05, 0.1) is 6.04 Å². The Bertz CT molecular complexity index is 488. The average molecular weight is 312 g/mol. The molecule has 0 radical (unpaired) electrons. The molecule has 1 aromatic carbocycles. The summed E-state index contributed by atoms with van der Waals surface area (Å²) in [4.78, 5) is 23.0. The van der Waals surface area contributed by atoms with Crippen molar-refractivity contribution in [1.82, 2.24) is 10.6 Å². The summed E-state index contributed by atoms with van der Waals surface area (Å²) in [6, 6.07) is 7.14. The third-order valence-electron chi connectivity index (χ3n) is 3.55. The normalized spacial score (nSPS) is 17.6. The highest BCUT2D eigenvalue weighted by Crippen LogP contribution is 2.07. The second-order valence-corrected chi connectivity index (χ2v) is 5.11. The third-order valence-corrected chi connectivity index (χ3v) is 3.55. The van der Waals surface area contributed by atoms with Crippen LogP contribution in [0.1, 0.15) is 35.2 Å². The maximum Gasteiger partial charge on any atom is 0.248 e. The molecule has 21 heavy (non-hydrogen) atoms. The number of hydrogen-bond donors (Lipinski definition) is 3. The van der Waals surface area contributed by atoms with E-state index in [1.54, 1.807) is 18.2 Å². The lowest BCUT2D eigenvalue weighted by Crippen LogP contribution is -2.47. The predicted molar refractivity (Wildman–Crippen MR) is 84.6 cm³/mol. The second-order valence-electron chi connectivity index (χ2n) is 5.11. The summed E-state index contributed by atoms with van der Waals surface area (Å²) in [7, 11) is 0. The first-order chi connectivity index (χ1) is 9.66. The SMILES string of the molecule is Cl.NC(=O)c1cccc(CCNC(=O)C2CCCCN2)c1. The molecule has 1 saturated heterocycles. The first-order valence-corrected chi connectivity index (χ1v) is 7.06. The number of halogens is 1. The van der Waals surface area contributed by atoms with Crippen LogP contribution in [0.5, 0.6) is 0 Å². The van der Waals surface area contributed by atoms with Gasteiger partial charge in [0.1, 0.15) is 0 Å². The van der Waals surface area contributed by atoms with Gasteiger partial charge in [-0.25, -0.2) is 0 Å². The first-order valence-electron chi connectivity index (χ1n) is 7.06. The summed E-state index contributed by atoms with van der Waals surface area (Å²) < 4.78 is 0. The van der Waals surface area contributed by atoms with Gasteiger partial charge in [0.15, 0.2) is 0 Å². The number of carbonyl (C=O) groups excluding carboxylic acids is 2. The molecule has 1 aliphatic heterocycles. The molecule has 0 spiro atoms. The number of hydrogen-bond acceptors (Lipinski definition) is 3. The van der Waals surface area contributed by atoms with E-state index in [9.17, 15) is 9.59 Å². The molecule has 2 rings (SSSR count). The maximum atomic E-state index is 11.9. The van der Waals surface area contributed by atoms with Crippen LogP contribution in [0, 0.1) is 0 Å². The Morgan fingerprint density at radius 1 is 1.33 bits per heavy atom. The largest absolute Gasteiger partial charge is 0.366 e. The number of rotatable bonds is 5. The van der Waals surface area contributed by atoms with Gasteiger partial charge in [-0.2, -0.15) is 0 Å². The minimum atomic E-state index is -0.428. The Morgan fingerprint density at radius 3 is 2.81 bits per heavy atom. The molecule has 5 nitrogen and oxygen atoms in total. The molecule has 4 N–H and O–H groups in total. The van der Waals surface area contributed by atoms with Crippen molar-refractivity contribution in [3.05, 3.63) is 35.4 Å². The zero-order valence-corrected chi connectivity index (χ0v) is 12.7. The fourth-order valence-electron chi connectivity index (χ4n) is 2.41. The zero-order valence-electron chi connectivity index (χ0n) is 11.9. The molecule has 1 aromatic rings. The van der Waals surface area contributed by atoms with Gasteiger partial charge in [0.2, 0.25) is 11.8 Å². The number of piperidine rings is 1. The topological polar surface area (TPSA) is 84.2 Å². The van der Waals surface area contributed by atoms with Gasteiger partial charge in [-0.1, -0.05) is 18.6 Å². The van der Waals surface area contributed by atoms with E-state index in [-0.39, 0.29) is 24.4 Å². The molecule has 1 unspecified atom stereocenters. The lowest BCUT2D eigenvalue weighted by molar-refractivity contribution is -0.123. The van der Waals surface area contributed by atoms with Crippen molar-refractivity contribution < 1.29 is 9.59 Å². The van der Waals surface area contributed by atoms with Gasteiger partial charge in [-0.05, 0) is 43.5 Å². The van der Waals surface area contributed by atoms with Crippen molar-refractivity contribution >= 4 is 24.2 Å². The highest BCUT2D eigenvalue weighted by Gasteiger charge is 2.19. The number of amides is 2. The molecule has 1 atom stereocenters. The van der Waals surface area contributed by atoms with E-state index in [0.29, 0.717) is 18.5 Å². The van der Waals surface area contributed by atoms with Crippen LogP contribution >= 0.6 is 12.4 Å². The van der Waals surface area contributed by atoms with E-state index in [1.807, 2.05) is 6.07 Å². The van der Waals surface area contributed by atoms with E-state index in [1.165, 1.54) is 0 Å². The molecule has 1 aliphatic rings. The van der Waals surface area contributed by atoms with Gasteiger partial charge in [-0.3, -0.25) is 9.59 Å². The smallest absolute Gasteiger partial charge is 0.248 e. The minimum absolute atomic E-state index is 0. The number of benzene rings is 1. The Hall–Kier alpha value is -1.59. The van der Waals surface area contributed by atoms with Gasteiger partial charge in [-0.15, -0.1) is 12.4 Å². The van der Waals surface area contributed by atoms with Crippen LogP contribution in [-0.4, -0.2) is 30.9 Å². The summed E-state index contributed by atoms with van der Waals surface area (Å²) in [5, 5.41) is 6.15. The summed E-state index contributed by atoms with van der Waals surface area (Å²) in [6.07, 6.45) is 3.85. The second kappa shape index (κ2) is 8.64. The highest BCUT2D eigenvalue weighted by molar-refractivity contribution is 5.92. The molecule has 0 aliphatic carbocycles. The molecule has 0 saturated carbocycles. The van der Waals surface area contributed by atoms with Crippen molar-refractivity contribution in [1.29, 1.82) is 0 Å². The third kappa shape index (κ3) is 5.36. The average Bonchev–Trinajstić information content (AvgIpc) is 2.48. The Labute approximate surface area is 131 Å². The molecule has 0 aromatic heterocycles. The van der Waals surface area contributed by atoms with Crippen LogP contribution in [0.25, 0.3) is 0 Å². The fourth-order valence-corrected chi connectivity index (χ4v) is 2.41. The van der Waals surface area contributed by atoms with Crippen molar-refractivity contribution in [2.24, 2.45) is 5.73 Å². The van der Waals surface area contributed by atoms with Gasteiger partial charge >= 0.3 is 0 Å². The molecule has 0 bridgehead atoms. The number of carbonyl (C=O) groups is 2. The number of nitrogens with two attached hydrogens (primary N) is 1. The fraction of sp³-hybridized carbons (Fsp3) is 0.467. The molecule has 116 valence electrons. The van der Waals surface area contributed by atoms with Gasteiger partial charge in [0, 0.05) is 12.1 Å². The number of primary amides is 1. The maximum absolute atomic E-state index is 11.9. The Balaban J connectivity index is 0.00000220. The highest BCUT2D eigenvalue weighted by atomic mass is 35.5. The molecule has 1 heterocycles. The number of nitrogens with one attached hydrogen (secondary N) is 2. The van der Waals surface area contributed by atoms with Crippen molar-refractivity contribution in [3.8, 4) is 0 Å². The molecule has 6 heteroatoms. The molecule has 2 amide bonds. The summed E-state index contributed by atoms with van der Waals surface area (Å²) >= 11 is 0. The van der Waals surface area contributed by atoms with E-state index < -0.39 is 5.91 Å². The molecular weight excluding hydrogens is 290 g/mol. The van der Waals surface area contributed by atoms with Crippen molar-refractivity contribution in [3.63, 3.8) is 0 Å². The van der Waals surface area contributed by atoms with E-state index >= 15 is 0 Å². The molecular formula is C15H22ClN3O2. The minimum Gasteiger partial charge on any atom is -0.366 e. The van der Waals surface area contributed by atoms with Gasteiger partial charge in [0.25, 0.3) is 0 Å². The van der Waals surface area contributed by atoms with E-state index in [2.05, 4.69) is 10.6 Å². The first kappa shape index (κ1) is 17.5.